The van der Waals surface area contributed by atoms with Gasteiger partial charge in [0.1, 0.15) is 11.4 Å². The summed E-state index contributed by atoms with van der Waals surface area (Å²) in [6.45, 7) is 8.96. The number of likely N-dealkylation sites (tertiary alicyclic amines) is 1. The van der Waals surface area contributed by atoms with Gasteiger partial charge in [-0.25, -0.2) is 14.8 Å². The van der Waals surface area contributed by atoms with Gasteiger partial charge < -0.3 is 14.5 Å². The molecular weight excluding hydrogens is 464 g/mol. The molecule has 5 heterocycles. The zero-order chi connectivity index (χ0) is 24.6. The summed E-state index contributed by atoms with van der Waals surface area (Å²) in [6.07, 6.45) is 8.07. The number of pyridine rings is 2. The van der Waals surface area contributed by atoms with E-state index in [-0.39, 0.29) is 11.5 Å². The highest BCUT2D eigenvalue weighted by molar-refractivity contribution is 6.17. The fourth-order valence-electron chi connectivity index (χ4n) is 5.02. The van der Waals surface area contributed by atoms with Crippen LogP contribution in [0, 0.1) is 5.41 Å². The molecule has 5 rings (SSSR count). The molecule has 0 saturated carbocycles. The van der Waals surface area contributed by atoms with Crippen LogP contribution >= 0.6 is 11.6 Å². The number of fused-ring (bicyclic) bond motifs is 1. The maximum atomic E-state index is 12.6. The first-order chi connectivity index (χ1) is 16.8. The molecule has 184 valence electrons. The SMILES string of the molecule is CC(C)(C)OC(=O)N1CCC2(CCN(c3nc(-c4ccncc4)nc4cnc(CCl)cc34)CC2)C1. The molecule has 0 aromatic carbocycles. The summed E-state index contributed by atoms with van der Waals surface area (Å²) < 4.78 is 5.61. The van der Waals surface area contributed by atoms with Crippen LogP contribution in [0.3, 0.4) is 0 Å². The van der Waals surface area contributed by atoms with Gasteiger partial charge in [-0.1, -0.05) is 0 Å². The molecule has 3 aromatic rings. The standard InChI is InChI=1S/C26H31ClN6O2/c1-25(2,3)35-24(34)33-13-8-26(17-33)6-11-32(12-7-26)23-20-14-19(15-27)29-16-21(20)30-22(31-23)18-4-9-28-10-5-18/h4-5,9-10,14,16H,6-8,11-13,15,17H2,1-3H3. The fraction of sp³-hybridized carbons (Fsp3) is 0.500. The smallest absolute Gasteiger partial charge is 0.410 e. The van der Waals surface area contributed by atoms with Crippen LogP contribution in [-0.2, 0) is 10.6 Å². The molecule has 2 saturated heterocycles. The van der Waals surface area contributed by atoms with Gasteiger partial charge in [-0.3, -0.25) is 9.97 Å². The number of hydrogen-bond acceptors (Lipinski definition) is 7. The van der Waals surface area contributed by atoms with E-state index in [1.807, 2.05) is 43.9 Å². The zero-order valence-electron chi connectivity index (χ0n) is 20.5. The quantitative estimate of drug-likeness (QED) is 0.471. The Morgan fingerprint density at radius 3 is 2.51 bits per heavy atom. The third-order valence-electron chi connectivity index (χ3n) is 6.91. The lowest BCUT2D eigenvalue weighted by atomic mass is 9.78. The highest BCUT2D eigenvalue weighted by atomic mass is 35.5. The predicted octanol–water partition coefficient (Wildman–Crippen LogP) is 5.05. The van der Waals surface area contributed by atoms with Gasteiger partial charge in [0.15, 0.2) is 5.82 Å². The van der Waals surface area contributed by atoms with Crippen LogP contribution in [0.2, 0.25) is 0 Å². The lowest BCUT2D eigenvalue weighted by molar-refractivity contribution is 0.0266. The second-order valence-corrected chi connectivity index (χ2v) is 10.8. The molecule has 9 heteroatoms. The van der Waals surface area contributed by atoms with E-state index in [1.165, 1.54) is 0 Å². The number of ether oxygens (including phenoxy) is 1. The van der Waals surface area contributed by atoms with Crippen molar-refractivity contribution >= 4 is 34.4 Å². The minimum atomic E-state index is -0.479. The molecule has 3 aromatic heterocycles. The van der Waals surface area contributed by atoms with Crippen molar-refractivity contribution in [2.45, 2.75) is 51.5 Å². The molecule has 2 aliphatic heterocycles. The fourth-order valence-corrected chi connectivity index (χ4v) is 5.17. The Kier molecular flexibility index (Phi) is 6.25. The van der Waals surface area contributed by atoms with Gasteiger partial charge in [-0.15, -0.1) is 11.6 Å². The lowest BCUT2D eigenvalue weighted by Crippen LogP contribution is -2.43. The summed E-state index contributed by atoms with van der Waals surface area (Å²) in [7, 11) is 0. The first-order valence-corrected chi connectivity index (χ1v) is 12.6. The molecule has 0 unspecified atom stereocenters. The Hall–Kier alpha value is -3.00. The van der Waals surface area contributed by atoms with Gasteiger partial charge in [0.25, 0.3) is 0 Å². The topological polar surface area (TPSA) is 84.3 Å². The minimum Gasteiger partial charge on any atom is -0.444 e. The molecule has 1 spiro atoms. The number of carbonyl (C=O) groups is 1. The number of rotatable bonds is 3. The Labute approximate surface area is 210 Å². The molecule has 0 bridgehead atoms. The largest absolute Gasteiger partial charge is 0.444 e. The molecule has 0 radical (unpaired) electrons. The van der Waals surface area contributed by atoms with Crippen LogP contribution in [-0.4, -0.2) is 62.7 Å². The van der Waals surface area contributed by atoms with Crippen LogP contribution in [0.15, 0.2) is 36.8 Å². The Morgan fingerprint density at radius 2 is 1.83 bits per heavy atom. The minimum absolute atomic E-state index is 0.132. The summed E-state index contributed by atoms with van der Waals surface area (Å²) in [6, 6.07) is 5.83. The second-order valence-electron chi connectivity index (χ2n) is 10.6. The van der Waals surface area contributed by atoms with Crippen LogP contribution in [0.25, 0.3) is 22.3 Å². The average molecular weight is 495 g/mol. The van der Waals surface area contributed by atoms with E-state index in [4.69, 9.17) is 26.3 Å². The molecule has 35 heavy (non-hydrogen) atoms. The second kappa shape index (κ2) is 9.22. The predicted molar refractivity (Wildman–Crippen MR) is 136 cm³/mol. The zero-order valence-corrected chi connectivity index (χ0v) is 21.3. The third kappa shape index (κ3) is 5.03. The van der Waals surface area contributed by atoms with E-state index >= 15 is 0 Å². The number of amides is 1. The number of alkyl halides is 1. The van der Waals surface area contributed by atoms with E-state index in [0.29, 0.717) is 11.7 Å². The Morgan fingerprint density at radius 1 is 1.11 bits per heavy atom. The molecule has 1 amide bonds. The van der Waals surface area contributed by atoms with Gasteiger partial charge in [0.05, 0.1) is 23.3 Å². The van der Waals surface area contributed by atoms with Crippen LogP contribution in [0.5, 0.6) is 0 Å². The maximum absolute atomic E-state index is 12.6. The molecule has 8 nitrogen and oxygen atoms in total. The van der Waals surface area contributed by atoms with E-state index in [0.717, 1.165) is 73.4 Å². The molecule has 2 fully saturated rings. The number of halogens is 1. The Balaban J connectivity index is 1.39. The van der Waals surface area contributed by atoms with Crippen molar-refractivity contribution in [2.75, 3.05) is 31.1 Å². The van der Waals surface area contributed by atoms with Gasteiger partial charge in [0, 0.05) is 49.5 Å². The van der Waals surface area contributed by atoms with Gasteiger partial charge in [0.2, 0.25) is 0 Å². The van der Waals surface area contributed by atoms with Crippen molar-refractivity contribution in [2.24, 2.45) is 5.41 Å². The number of aromatic nitrogens is 4. The summed E-state index contributed by atoms with van der Waals surface area (Å²) in [5.74, 6) is 1.91. The van der Waals surface area contributed by atoms with Crippen LogP contribution in [0.4, 0.5) is 10.6 Å². The molecule has 0 N–H and O–H groups in total. The van der Waals surface area contributed by atoms with Gasteiger partial charge >= 0.3 is 6.09 Å². The summed E-state index contributed by atoms with van der Waals surface area (Å²) in [4.78, 5) is 35.2. The average Bonchev–Trinajstić information content (AvgIpc) is 3.27. The highest BCUT2D eigenvalue weighted by Crippen LogP contribution is 2.42. The summed E-state index contributed by atoms with van der Waals surface area (Å²) in [5, 5.41) is 0.964. The van der Waals surface area contributed by atoms with Crippen LogP contribution in [0.1, 0.15) is 45.7 Å². The van der Waals surface area contributed by atoms with Gasteiger partial charge in [-0.05, 0) is 63.6 Å². The number of carbonyl (C=O) groups excluding carboxylic acids is 1. The van der Waals surface area contributed by atoms with Crippen molar-refractivity contribution in [3.8, 4) is 11.4 Å². The van der Waals surface area contributed by atoms with E-state index in [9.17, 15) is 4.79 Å². The van der Waals surface area contributed by atoms with E-state index in [2.05, 4.69) is 14.9 Å². The summed E-state index contributed by atoms with van der Waals surface area (Å²) >= 11 is 6.09. The molecular formula is C26H31ClN6O2. The molecule has 0 aliphatic carbocycles. The van der Waals surface area contributed by atoms with Crippen molar-refractivity contribution in [3.63, 3.8) is 0 Å². The highest BCUT2D eigenvalue weighted by Gasteiger charge is 2.43. The third-order valence-corrected chi connectivity index (χ3v) is 7.18. The maximum Gasteiger partial charge on any atom is 0.410 e. The van der Waals surface area contributed by atoms with Crippen molar-refractivity contribution in [1.29, 1.82) is 0 Å². The number of anilines is 1. The first kappa shape index (κ1) is 23.7. The molecule has 2 aliphatic rings. The Bertz CT molecular complexity index is 1220. The van der Waals surface area contributed by atoms with Gasteiger partial charge in [-0.2, -0.15) is 0 Å². The number of piperidine rings is 1. The summed E-state index contributed by atoms with van der Waals surface area (Å²) in [5.41, 5.74) is 2.17. The number of hydrogen-bond donors (Lipinski definition) is 0. The van der Waals surface area contributed by atoms with E-state index in [1.54, 1.807) is 18.6 Å². The van der Waals surface area contributed by atoms with Crippen LogP contribution < -0.4 is 4.90 Å². The van der Waals surface area contributed by atoms with E-state index < -0.39 is 5.60 Å². The van der Waals surface area contributed by atoms with Crippen molar-refractivity contribution in [1.82, 2.24) is 24.8 Å². The van der Waals surface area contributed by atoms with Crippen molar-refractivity contribution < 1.29 is 9.53 Å². The monoisotopic (exact) mass is 494 g/mol. The molecule has 0 atom stereocenters. The number of nitrogens with zero attached hydrogens (tertiary/aromatic N) is 6. The first-order valence-electron chi connectivity index (χ1n) is 12.1. The van der Waals surface area contributed by atoms with Crippen molar-refractivity contribution in [3.05, 3.63) is 42.5 Å². The normalized spacial score (nSPS) is 17.8. The lowest BCUT2D eigenvalue weighted by Gasteiger charge is -2.40.